The summed E-state index contributed by atoms with van der Waals surface area (Å²) in [6.07, 6.45) is 0.0532. The van der Waals surface area contributed by atoms with E-state index in [1.54, 1.807) is 18.2 Å². The van der Waals surface area contributed by atoms with Crippen molar-refractivity contribution in [1.29, 1.82) is 0 Å². The Morgan fingerprint density at radius 3 is 2.92 bits per heavy atom. The van der Waals surface area contributed by atoms with Crippen LogP contribution >= 0.6 is 0 Å². The third-order valence-corrected chi connectivity index (χ3v) is 1.85. The van der Waals surface area contributed by atoms with Crippen molar-refractivity contribution in [3.05, 3.63) is 42.2 Å². The van der Waals surface area contributed by atoms with Crippen molar-refractivity contribution in [3.63, 3.8) is 0 Å². The lowest BCUT2D eigenvalue weighted by Gasteiger charge is -2.00. The smallest absolute Gasteiger partial charge is 0.267 e. The highest BCUT2D eigenvalue weighted by Gasteiger charge is 2.05. The average molecular weight is 173 g/mol. The van der Waals surface area contributed by atoms with E-state index in [0.29, 0.717) is 5.39 Å². The van der Waals surface area contributed by atoms with Gasteiger partial charge in [-0.25, -0.2) is 0 Å². The number of pyridine rings is 1. The first-order valence-corrected chi connectivity index (χ1v) is 3.84. The number of amides is 1. The minimum atomic E-state index is -0.602. The van der Waals surface area contributed by atoms with Crippen molar-refractivity contribution in [2.45, 2.75) is 0 Å². The van der Waals surface area contributed by atoms with Crippen molar-refractivity contribution < 1.29 is 6.17 Å². The van der Waals surface area contributed by atoms with Crippen LogP contribution in [0, 0.1) is 0 Å². The highest BCUT2D eigenvalue weighted by molar-refractivity contribution is 6.04. The third kappa shape index (κ3) is 1.24. The average Bonchev–Trinajstić information content (AvgIpc) is 2.16. The lowest BCUT2D eigenvalue weighted by Crippen LogP contribution is -2.13. The molecule has 0 spiro atoms. The Labute approximate surface area is 76.6 Å². The Hall–Kier alpha value is -1.90. The minimum Gasteiger partial charge on any atom is -0.364 e. The van der Waals surface area contributed by atoms with E-state index in [1.165, 1.54) is 0 Å². The van der Waals surface area contributed by atoms with E-state index >= 15 is 0 Å². The number of benzene rings is 1. The molecule has 0 aliphatic carbocycles. The van der Waals surface area contributed by atoms with E-state index in [4.69, 9.17) is 7.10 Å². The second-order valence-corrected chi connectivity index (χ2v) is 2.69. The number of aromatic nitrogens is 1. The van der Waals surface area contributed by atoms with Gasteiger partial charge in [-0.3, -0.25) is 9.78 Å². The molecule has 0 aliphatic rings. The number of hydrogen-bond acceptors (Lipinski definition) is 2. The van der Waals surface area contributed by atoms with Crippen LogP contribution in [0.3, 0.4) is 0 Å². The van der Waals surface area contributed by atoms with Crippen LogP contribution in [-0.2, 0) is 0 Å². The molecule has 0 atom stereocenters. The molecule has 0 saturated heterocycles. The molecule has 0 saturated carbocycles. The predicted octanol–water partition coefficient (Wildman–Crippen LogP) is 1.33. The largest absolute Gasteiger partial charge is 0.364 e. The molecule has 64 valence electrons. The van der Waals surface area contributed by atoms with Crippen LogP contribution in [0.2, 0.25) is 0 Å². The highest BCUT2D eigenvalue weighted by atomic mass is 16.1. The molecule has 3 heteroatoms. The first-order valence-electron chi connectivity index (χ1n) is 4.34. The standard InChI is InChI=1S/C10H8N2O/c11-10(13)9-8-4-2-1-3-7(8)5-6-12-9/h1-6H,(H2,11,13)/i6D. The Bertz CT molecular complexity index is 510. The fraction of sp³-hybridized carbons (Fsp3) is 0. The van der Waals surface area contributed by atoms with Gasteiger partial charge in [0.2, 0.25) is 0 Å². The van der Waals surface area contributed by atoms with Gasteiger partial charge in [0.25, 0.3) is 5.91 Å². The number of fused-ring (bicyclic) bond motifs is 1. The number of primary amides is 1. The summed E-state index contributed by atoms with van der Waals surface area (Å²) in [5, 5.41) is 1.50. The molecule has 3 nitrogen and oxygen atoms in total. The van der Waals surface area contributed by atoms with Gasteiger partial charge < -0.3 is 5.73 Å². The maximum atomic E-state index is 11.0. The number of carbonyl (C=O) groups excluding carboxylic acids is 1. The van der Waals surface area contributed by atoms with Crippen molar-refractivity contribution >= 4 is 16.7 Å². The molecule has 2 N–H and O–H groups in total. The topological polar surface area (TPSA) is 56.0 Å². The summed E-state index contributed by atoms with van der Waals surface area (Å²) in [6, 6.07) is 8.83. The zero-order chi connectivity index (χ0) is 10.1. The van der Waals surface area contributed by atoms with Gasteiger partial charge in [-0.15, -0.1) is 0 Å². The predicted molar refractivity (Wildman–Crippen MR) is 50.3 cm³/mol. The fourth-order valence-electron chi connectivity index (χ4n) is 1.25. The second kappa shape index (κ2) is 2.86. The lowest BCUT2D eigenvalue weighted by molar-refractivity contribution is 0.0997. The summed E-state index contributed by atoms with van der Waals surface area (Å²) in [5.74, 6) is -0.602. The van der Waals surface area contributed by atoms with Gasteiger partial charge in [-0.2, -0.15) is 0 Å². The van der Waals surface area contributed by atoms with Crippen LogP contribution in [0.25, 0.3) is 10.8 Å². The summed E-state index contributed by atoms with van der Waals surface area (Å²) in [4.78, 5) is 14.8. The van der Waals surface area contributed by atoms with Gasteiger partial charge in [0.1, 0.15) is 5.69 Å². The molecule has 1 aromatic heterocycles. The molecule has 1 amide bonds. The zero-order valence-corrected chi connectivity index (χ0v) is 6.82. The van der Waals surface area contributed by atoms with E-state index < -0.39 is 5.91 Å². The van der Waals surface area contributed by atoms with Crippen molar-refractivity contribution in [2.24, 2.45) is 5.73 Å². The SMILES string of the molecule is [2H]c1cc2ccccc2c(C(N)=O)n1. The van der Waals surface area contributed by atoms with Crippen LogP contribution < -0.4 is 5.73 Å². The monoisotopic (exact) mass is 173 g/mol. The van der Waals surface area contributed by atoms with Crippen molar-refractivity contribution in [1.82, 2.24) is 4.98 Å². The highest BCUT2D eigenvalue weighted by Crippen LogP contribution is 2.15. The summed E-state index contributed by atoms with van der Waals surface area (Å²) < 4.78 is 7.39. The molecule has 1 aromatic carbocycles. The van der Waals surface area contributed by atoms with Gasteiger partial charge in [-0.05, 0) is 11.5 Å². The molecule has 0 radical (unpaired) electrons. The maximum Gasteiger partial charge on any atom is 0.267 e. The number of hydrogen-bond donors (Lipinski definition) is 1. The summed E-state index contributed by atoms with van der Waals surface area (Å²) in [7, 11) is 0. The molecular weight excluding hydrogens is 164 g/mol. The first kappa shape index (κ1) is 6.60. The first-order chi connectivity index (χ1) is 6.68. The molecule has 0 aliphatic heterocycles. The molecular formula is C10H8N2O. The maximum absolute atomic E-state index is 11.0. The van der Waals surface area contributed by atoms with Crippen LogP contribution in [-0.4, -0.2) is 10.9 Å². The molecule has 0 fully saturated rings. The van der Waals surface area contributed by atoms with E-state index in [-0.39, 0.29) is 11.9 Å². The summed E-state index contributed by atoms with van der Waals surface area (Å²) >= 11 is 0. The summed E-state index contributed by atoms with van der Waals surface area (Å²) in [6.45, 7) is 0. The molecule has 2 aromatic rings. The Morgan fingerprint density at radius 2 is 2.15 bits per heavy atom. The number of rotatable bonds is 1. The number of nitrogens with zero attached hydrogens (tertiary/aromatic N) is 1. The van der Waals surface area contributed by atoms with Gasteiger partial charge in [0, 0.05) is 11.6 Å². The van der Waals surface area contributed by atoms with Crippen LogP contribution in [0.4, 0.5) is 0 Å². The molecule has 1 heterocycles. The molecule has 0 bridgehead atoms. The van der Waals surface area contributed by atoms with Gasteiger partial charge in [-0.1, -0.05) is 24.3 Å². The Kier molecular flexibility index (Phi) is 1.45. The van der Waals surface area contributed by atoms with Crippen LogP contribution in [0.1, 0.15) is 11.9 Å². The third-order valence-electron chi connectivity index (χ3n) is 1.85. The Morgan fingerprint density at radius 1 is 1.38 bits per heavy atom. The summed E-state index contributed by atoms with van der Waals surface area (Å²) in [5.41, 5.74) is 5.32. The van der Waals surface area contributed by atoms with E-state index in [1.807, 2.05) is 12.1 Å². The van der Waals surface area contributed by atoms with Gasteiger partial charge in [0.05, 0.1) is 1.37 Å². The van der Waals surface area contributed by atoms with E-state index in [0.717, 1.165) is 5.39 Å². The normalized spacial score (nSPS) is 11.2. The molecule has 13 heavy (non-hydrogen) atoms. The molecule has 0 unspecified atom stereocenters. The zero-order valence-electron chi connectivity index (χ0n) is 7.82. The quantitative estimate of drug-likeness (QED) is 0.707. The van der Waals surface area contributed by atoms with Gasteiger partial charge in [0.15, 0.2) is 0 Å². The number of nitrogens with two attached hydrogens (primary N) is 1. The van der Waals surface area contributed by atoms with Gasteiger partial charge >= 0.3 is 0 Å². The minimum absolute atomic E-state index is 0.0532. The fourth-order valence-corrected chi connectivity index (χ4v) is 1.25. The van der Waals surface area contributed by atoms with E-state index in [2.05, 4.69) is 4.98 Å². The van der Waals surface area contributed by atoms with Crippen LogP contribution in [0.15, 0.2) is 36.5 Å². The van der Waals surface area contributed by atoms with E-state index in [9.17, 15) is 4.79 Å². The van der Waals surface area contributed by atoms with Crippen LogP contribution in [0.5, 0.6) is 0 Å². The Balaban J connectivity index is 2.87. The second-order valence-electron chi connectivity index (χ2n) is 2.69. The number of carbonyl (C=O) groups is 1. The van der Waals surface area contributed by atoms with Crippen molar-refractivity contribution in [2.75, 3.05) is 0 Å². The molecule has 2 rings (SSSR count). The lowest BCUT2D eigenvalue weighted by atomic mass is 10.1. The van der Waals surface area contributed by atoms with Crippen molar-refractivity contribution in [3.8, 4) is 0 Å².